The molecule has 4 atom stereocenters. The number of carbonyl (C=O) groups is 2. The summed E-state index contributed by atoms with van der Waals surface area (Å²) in [7, 11) is 0. The van der Waals surface area contributed by atoms with Crippen molar-refractivity contribution < 1.29 is 28.7 Å². The molecule has 38 heavy (non-hydrogen) atoms. The Morgan fingerprint density at radius 3 is 2.50 bits per heavy atom. The molecule has 1 saturated carbocycles. The molecule has 1 saturated heterocycles. The van der Waals surface area contributed by atoms with Crippen LogP contribution in [0.3, 0.4) is 0 Å². The summed E-state index contributed by atoms with van der Waals surface area (Å²) in [6.45, 7) is 10.8. The van der Waals surface area contributed by atoms with E-state index >= 15 is 0 Å². The first-order valence-electron chi connectivity index (χ1n) is 13.4. The second-order valence-electron chi connectivity index (χ2n) is 11.7. The predicted molar refractivity (Wildman–Crippen MR) is 141 cm³/mol. The van der Waals surface area contributed by atoms with E-state index in [9.17, 15) is 19.7 Å². The maximum absolute atomic E-state index is 13.8. The number of hydrogen-bond acceptors (Lipinski definition) is 8. The number of nitro groups is 1. The van der Waals surface area contributed by atoms with E-state index in [2.05, 4.69) is 26.1 Å². The molecule has 4 unspecified atom stereocenters. The molecule has 1 aliphatic carbocycles. The van der Waals surface area contributed by atoms with Crippen LogP contribution < -0.4 is 5.32 Å². The molecule has 9 nitrogen and oxygen atoms in total. The Morgan fingerprint density at radius 1 is 1.16 bits per heavy atom. The number of allylic oxidation sites excluding steroid dienone is 2. The minimum Gasteiger partial charge on any atom is -0.459 e. The van der Waals surface area contributed by atoms with Gasteiger partial charge in [0.1, 0.15) is 12.7 Å². The standard InChI is InChI=1S/C29H38N2O7/c1-17-12-23(15-29(4,5)14-17)38-28(33)25-19(3)30-18(2)24(27(32)37-16-22-10-7-11-36-22)26(25)20-8-6-9-21(13-20)31(34)35/h6,8-9,13,17,22-23,26,30H,7,10-12,14-16H2,1-5H3. The van der Waals surface area contributed by atoms with E-state index in [1.807, 2.05) is 0 Å². The summed E-state index contributed by atoms with van der Waals surface area (Å²) >= 11 is 0. The highest BCUT2D eigenvalue weighted by atomic mass is 16.6. The first-order chi connectivity index (χ1) is 17.9. The van der Waals surface area contributed by atoms with Gasteiger partial charge in [0.25, 0.3) is 5.69 Å². The number of esters is 2. The number of hydrogen-bond donors (Lipinski definition) is 1. The van der Waals surface area contributed by atoms with Crippen molar-refractivity contribution in [2.24, 2.45) is 11.3 Å². The van der Waals surface area contributed by atoms with Crippen LogP contribution in [0.4, 0.5) is 5.69 Å². The Kier molecular flexibility index (Phi) is 8.25. The van der Waals surface area contributed by atoms with Crippen LogP contribution >= 0.6 is 0 Å². The summed E-state index contributed by atoms with van der Waals surface area (Å²) in [5, 5.41) is 14.7. The minimum absolute atomic E-state index is 0.0457. The summed E-state index contributed by atoms with van der Waals surface area (Å²) in [4.78, 5) is 38.3. The second kappa shape index (κ2) is 11.3. The summed E-state index contributed by atoms with van der Waals surface area (Å²) in [5.74, 6) is -1.59. The van der Waals surface area contributed by atoms with Gasteiger partial charge in [-0.25, -0.2) is 9.59 Å². The molecule has 2 aliphatic heterocycles. The van der Waals surface area contributed by atoms with Crippen LogP contribution in [0.1, 0.15) is 78.2 Å². The summed E-state index contributed by atoms with van der Waals surface area (Å²) in [6.07, 6.45) is 3.88. The quantitative estimate of drug-likeness (QED) is 0.289. The van der Waals surface area contributed by atoms with E-state index in [1.54, 1.807) is 26.0 Å². The topological polar surface area (TPSA) is 117 Å². The summed E-state index contributed by atoms with van der Waals surface area (Å²) < 4.78 is 17.3. The summed E-state index contributed by atoms with van der Waals surface area (Å²) in [5.41, 5.74) is 1.94. The third-order valence-electron chi connectivity index (χ3n) is 7.66. The van der Waals surface area contributed by atoms with E-state index in [1.165, 1.54) is 12.1 Å². The molecular formula is C29H38N2O7. The van der Waals surface area contributed by atoms with Crippen molar-refractivity contribution >= 4 is 17.6 Å². The van der Waals surface area contributed by atoms with Crippen molar-refractivity contribution in [3.63, 3.8) is 0 Å². The molecule has 4 rings (SSSR count). The zero-order chi connectivity index (χ0) is 27.6. The SMILES string of the molecule is CC1=C(C(=O)OCC2CCCO2)C(c2cccc([N+](=O)[O-])c2)C(C(=O)OC2CC(C)CC(C)(C)C2)=C(C)N1. The Bertz CT molecular complexity index is 1160. The van der Waals surface area contributed by atoms with Crippen LogP contribution in [0.15, 0.2) is 46.8 Å². The number of nitrogens with one attached hydrogen (secondary N) is 1. The van der Waals surface area contributed by atoms with Crippen LogP contribution in [-0.4, -0.2) is 42.3 Å². The molecule has 3 aliphatic rings. The molecule has 206 valence electrons. The van der Waals surface area contributed by atoms with E-state index in [0.717, 1.165) is 32.1 Å². The second-order valence-corrected chi connectivity index (χ2v) is 11.7. The molecule has 1 aromatic rings. The number of ether oxygens (including phenoxy) is 3. The highest BCUT2D eigenvalue weighted by molar-refractivity contribution is 6.00. The van der Waals surface area contributed by atoms with Gasteiger partial charge in [-0.15, -0.1) is 0 Å². The number of nitro benzene ring substituents is 1. The number of carbonyl (C=O) groups excluding carboxylic acids is 2. The first-order valence-corrected chi connectivity index (χ1v) is 13.4. The fourth-order valence-electron chi connectivity index (χ4n) is 6.27. The normalized spacial score (nSPS) is 27.1. The lowest BCUT2D eigenvalue weighted by atomic mass is 9.71. The number of dihydropyridines is 1. The van der Waals surface area contributed by atoms with Crippen molar-refractivity contribution in [2.75, 3.05) is 13.2 Å². The van der Waals surface area contributed by atoms with Gasteiger partial charge in [-0.1, -0.05) is 32.9 Å². The third-order valence-corrected chi connectivity index (χ3v) is 7.66. The molecule has 2 heterocycles. The van der Waals surface area contributed by atoms with E-state index < -0.39 is 22.8 Å². The number of non-ortho nitro benzene ring substituents is 1. The van der Waals surface area contributed by atoms with Gasteiger partial charge in [-0.3, -0.25) is 10.1 Å². The van der Waals surface area contributed by atoms with Crippen LogP contribution in [0.2, 0.25) is 0 Å². The molecular weight excluding hydrogens is 488 g/mol. The Morgan fingerprint density at radius 2 is 1.87 bits per heavy atom. The number of nitrogens with zero attached hydrogens (tertiary/aromatic N) is 1. The fraction of sp³-hybridized carbons (Fsp3) is 0.586. The van der Waals surface area contributed by atoms with Gasteiger partial charge in [0, 0.05) is 30.1 Å². The highest BCUT2D eigenvalue weighted by Crippen LogP contribution is 2.43. The molecule has 0 spiro atoms. The zero-order valence-electron chi connectivity index (χ0n) is 22.9. The van der Waals surface area contributed by atoms with Gasteiger partial charge in [0.15, 0.2) is 0 Å². The molecule has 0 aromatic heterocycles. The van der Waals surface area contributed by atoms with Gasteiger partial charge in [-0.2, -0.15) is 0 Å². The predicted octanol–water partition coefficient (Wildman–Crippen LogP) is 5.31. The zero-order valence-corrected chi connectivity index (χ0v) is 22.9. The summed E-state index contributed by atoms with van der Waals surface area (Å²) in [6, 6.07) is 6.04. The molecule has 1 N–H and O–H groups in total. The van der Waals surface area contributed by atoms with Crippen molar-refractivity contribution in [1.29, 1.82) is 0 Å². The van der Waals surface area contributed by atoms with Crippen LogP contribution in [0, 0.1) is 21.4 Å². The lowest BCUT2D eigenvalue weighted by Gasteiger charge is -2.39. The number of rotatable bonds is 7. The first kappa shape index (κ1) is 27.8. The molecule has 0 bridgehead atoms. The van der Waals surface area contributed by atoms with Crippen molar-refractivity contribution in [2.45, 2.75) is 84.8 Å². The Labute approximate surface area is 223 Å². The van der Waals surface area contributed by atoms with Crippen LogP contribution in [0.5, 0.6) is 0 Å². The highest BCUT2D eigenvalue weighted by Gasteiger charge is 2.41. The molecule has 0 amide bonds. The Balaban J connectivity index is 1.68. The van der Waals surface area contributed by atoms with Crippen LogP contribution in [0.25, 0.3) is 0 Å². The maximum atomic E-state index is 13.8. The maximum Gasteiger partial charge on any atom is 0.337 e. The lowest BCUT2D eigenvalue weighted by Crippen LogP contribution is -2.37. The van der Waals surface area contributed by atoms with Crippen molar-refractivity contribution in [3.8, 4) is 0 Å². The smallest absolute Gasteiger partial charge is 0.337 e. The van der Waals surface area contributed by atoms with Gasteiger partial charge in [-0.05, 0) is 62.8 Å². The number of benzene rings is 1. The van der Waals surface area contributed by atoms with Crippen molar-refractivity contribution in [1.82, 2.24) is 5.32 Å². The fourth-order valence-corrected chi connectivity index (χ4v) is 6.27. The monoisotopic (exact) mass is 526 g/mol. The van der Waals surface area contributed by atoms with E-state index in [4.69, 9.17) is 14.2 Å². The van der Waals surface area contributed by atoms with Gasteiger partial charge in [0.2, 0.25) is 0 Å². The van der Waals surface area contributed by atoms with E-state index in [-0.39, 0.29) is 41.1 Å². The van der Waals surface area contributed by atoms with Gasteiger partial charge < -0.3 is 19.5 Å². The molecule has 0 radical (unpaired) electrons. The van der Waals surface area contributed by atoms with Crippen LogP contribution in [-0.2, 0) is 23.8 Å². The minimum atomic E-state index is -0.880. The third kappa shape index (κ3) is 6.26. The van der Waals surface area contributed by atoms with Gasteiger partial charge in [0.05, 0.1) is 28.1 Å². The Hall–Kier alpha value is -3.20. The van der Waals surface area contributed by atoms with E-state index in [0.29, 0.717) is 29.5 Å². The largest absolute Gasteiger partial charge is 0.459 e. The average Bonchev–Trinajstić information content (AvgIpc) is 3.34. The lowest BCUT2D eigenvalue weighted by molar-refractivity contribution is -0.384. The van der Waals surface area contributed by atoms with Gasteiger partial charge >= 0.3 is 11.9 Å². The molecule has 9 heteroatoms. The molecule has 2 fully saturated rings. The molecule has 1 aromatic carbocycles. The van der Waals surface area contributed by atoms with Crippen molar-refractivity contribution in [3.05, 3.63) is 62.5 Å². The average molecular weight is 527 g/mol.